The minimum absolute atomic E-state index is 0.226. The van der Waals surface area contributed by atoms with Crippen LogP contribution in [0, 0.1) is 5.82 Å². The van der Waals surface area contributed by atoms with E-state index >= 15 is 0 Å². The molecule has 0 aliphatic heterocycles. The second-order valence-electron chi connectivity index (χ2n) is 3.30. The highest BCUT2D eigenvalue weighted by atomic mass is 19.1. The van der Waals surface area contributed by atoms with Crippen LogP contribution in [0.25, 0.3) is 0 Å². The Kier molecular flexibility index (Phi) is 4.09. The van der Waals surface area contributed by atoms with E-state index in [2.05, 4.69) is 5.32 Å². The van der Waals surface area contributed by atoms with Crippen LogP contribution < -0.4 is 5.32 Å². The summed E-state index contributed by atoms with van der Waals surface area (Å²) in [5.74, 6) is -0.265. The highest BCUT2D eigenvalue weighted by Crippen LogP contribution is 2.07. The Morgan fingerprint density at radius 1 is 1.47 bits per heavy atom. The minimum Gasteiger partial charge on any atom is -0.446 e. The number of nitrogens with one attached hydrogen (secondary N) is 1. The molecule has 0 saturated heterocycles. The molecule has 4 heteroatoms. The molecule has 1 rings (SSSR count). The summed E-state index contributed by atoms with van der Waals surface area (Å²) in [5.41, 5.74) is 0.938. The van der Waals surface area contributed by atoms with Crippen molar-refractivity contribution in [2.45, 2.75) is 19.4 Å². The number of carbonyl (C=O) groups excluding carboxylic acids is 1. The first-order valence-corrected chi connectivity index (χ1v) is 4.74. The van der Waals surface area contributed by atoms with Crippen LogP contribution in [0.3, 0.4) is 0 Å². The highest BCUT2D eigenvalue weighted by molar-refractivity contribution is 5.66. The third kappa shape index (κ3) is 3.97. The monoisotopic (exact) mass is 211 g/mol. The maximum Gasteiger partial charge on any atom is 0.407 e. The summed E-state index contributed by atoms with van der Waals surface area (Å²) < 4.78 is 17.6. The lowest BCUT2D eigenvalue weighted by molar-refractivity contribution is 0.109. The van der Waals surface area contributed by atoms with Crippen LogP contribution in [0.5, 0.6) is 0 Å². The summed E-state index contributed by atoms with van der Waals surface area (Å²) in [6.07, 6.45) is -0.103. The Morgan fingerprint density at radius 3 is 2.60 bits per heavy atom. The van der Waals surface area contributed by atoms with Gasteiger partial charge in [-0.3, -0.25) is 0 Å². The Morgan fingerprint density at radius 2 is 2.07 bits per heavy atom. The van der Waals surface area contributed by atoms with Crippen molar-refractivity contribution in [2.24, 2.45) is 0 Å². The summed E-state index contributed by atoms with van der Waals surface area (Å²) in [6, 6.07) is 6.14. The van der Waals surface area contributed by atoms with Crippen molar-refractivity contribution in [3.63, 3.8) is 0 Å². The number of benzene rings is 1. The zero-order valence-electron chi connectivity index (χ0n) is 8.79. The molecule has 1 amide bonds. The van der Waals surface area contributed by atoms with Crippen molar-refractivity contribution in [3.8, 4) is 0 Å². The molecule has 0 saturated carbocycles. The van der Waals surface area contributed by atoms with Gasteiger partial charge >= 0.3 is 6.09 Å². The van der Waals surface area contributed by atoms with E-state index < -0.39 is 6.09 Å². The van der Waals surface area contributed by atoms with Crippen molar-refractivity contribution in [1.82, 2.24) is 5.32 Å². The number of ether oxygens (including phenoxy) is 1. The molecule has 0 spiro atoms. The number of alkyl carbamates (subject to hydrolysis) is 1. The van der Waals surface area contributed by atoms with Gasteiger partial charge < -0.3 is 10.1 Å². The van der Waals surface area contributed by atoms with Crippen LogP contribution in [0.4, 0.5) is 9.18 Å². The van der Waals surface area contributed by atoms with Crippen LogP contribution in [0.15, 0.2) is 24.3 Å². The predicted molar refractivity (Wildman–Crippen MR) is 55.1 cm³/mol. The predicted octanol–water partition coefficient (Wildman–Crippen LogP) is 2.11. The Labute approximate surface area is 88.2 Å². The fourth-order valence-corrected chi connectivity index (χ4v) is 1.24. The number of hydrogen-bond donors (Lipinski definition) is 1. The molecule has 1 aromatic rings. The van der Waals surface area contributed by atoms with Gasteiger partial charge in [-0.15, -0.1) is 0 Å². The smallest absolute Gasteiger partial charge is 0.407 e. The van der Waals surface area contributed by atoms with E-state index in [0.717, 1.165) is 5.56 Å². The number of halogens is 1. The van der Waals surface area contributed by atoms with Crippen LogP contribution >= 0.6 is 0 Å². The molecule has 0 aliphatic rings. The van der Waals surface area contributed by atoms with Gasteiger partial charge in [-0.25, -0.2) is 9.18 Å². The number of hydrogen-bond acceptors (Lipinski definition) is 2. The largest absolute Gasteiger partial charge is 0.446 e. The maximum atomic E-state index is 12.6. The molecule has 0 bridgehead atoms. The van der Waals surface area contributed by atoms with E-state index in [1.165, 1.54) is 19.2 Å². The average molecular weight is 211 g/mol. The molecule has 0 heterocycles. The van der Waals surface area contributed by atoms with Gasteiger partial charge in [0.25, 0.3) is 0 Å². The quantitative estimate of drug-likeness (QED) is 0.831. The third-order valence-electron chi connectivity index (χ3n) is 1.95. The number of amides is 1. The summed E-state index contributed by atoms with van der Waals surface area (Å²) in [7, 11) is 1.51. The molecule has 1 atom stereocenters. The molecule has 0 fully saturated rings. The van der Waals surface area contributed by atoms with Gasteiger partial charge in [0.05, 0.1) is 0 Å². The topological polar surface area (TPSA) is 38.3 Å². The summed E-state index contributed by atoms with van der Waals surface area (Å²) in [6.45, 7) is 1.79. The second kappa shape index (κ2) is 5.34. The summed E-state index contributed by atoms with van der Waals surface area (Å²) >= 11 is 0. The zero-order valence-corrected chi connectivity index (χ0v) is 8.79. The lowest BCUT2D eigenvalue weighted by Crippen LogP contribution is -2.25. The molecule has 0 aromatic heterocycles. The van der Waals surface area contributed by atoms with E-state index in [1.54, 1.807) is 19.1 Å². The fourth-order valence-electron chi connectivity index (χ4n) is 1.24. The van der Waals surface area contributed by atoms with Gasteiger partial charge in [-0.1, -0.05) is 12.1 Å². The van der Waals surface area contributed by atoms with Crippen LogP contribution in [-0.4, -0.2) is 19.2 Å². The van der Waals surface area contributed by atoms with Crippen molar-refractivity contribution in [1.29, 1.82) is 0 Å². The van der Waals surface area contributed by atoms with E-state index in [0.29, 0.717) is 6.42 Å². The maximum absolute atomic E-state index is 12.6. The lowest BCUT2D eigenvalue weighted by Gasteiger charge is -2.12. The van der Waals surface area contributed by atoms with Crippen molar-refractivity contribution < 1.29 is 13.9 Å². The van der Waals surface area contributed by atoms with Gasteiger partial charge in [-0.2, -0.15) is 0 Å². The Bertz CT molecular complexity index is 324. The highest BCUT2D eigenvalue weighted by Gasteiger charge is 2.08. The van der Waals surface area contributed by atoms with E-state index in [1.807, 2.05) is 0 Å². The molecule has 1 N–H and O–H groups in total. The van der Waals surface area contributed by atoms with Gasteiger partial charge in [0.1, 0.15) is 11.9 Å². The van der Waals surface area contributed by atoms with Gasteiger partial charge in [0.2, 0.25) is 0 Å². The molecule has 1 aromatic carbocycles. The van der Waals surface area contributed by atoms with Crippen molar-refractivity contribution in [3.05, 3.63) is 35.6 Å². The molecular formula is C11H14FNO2. The van der Waals surface area contributed by atoms with Crippen LogP contribution in [-0.2, 0) is 11.2 Å². The van der Waals surface area contributed by atoms with E-state index in [9.17, 15) is 9.18 Å². The standard InChI is InChI=1S/C11H14FNO2/c1-8(15-11(14)13-2)7-9-3-5-10(12)6-4-9/h3-6,8H,7H2,1-2H3,(H,13,14). The molecule has 15 heavy (non-hydrogen) atoms. The number of rotatable bonds is 3. The van der Waals surface area contributed by atoms with Crippen molar-refractivity contribution in [2.75, 3.05) is 7.05 Å². The zero-order chi connectivity index (χ0) is 11.3. The molecule has 1 unspecified atom stereocenters. The third-order valence-corrected chi connectivity index (χ3v) is 1.95. The fraction of sp³-hybridized carbons (Fsp3) is 0.364. The SMILES string of the molecule is CNC(=O)OC(C)Cc1ccc(F)cc1. The molecule has 3 nitrogen and oxygen atoms in total. The summed E-state index contributed by atoms with van der Waals surface area (Å²) in [5, 5.41) is 2.37. The normalized spacial score (nSPS) is 11.9. The Hall–Kier alpha value is -1.58. The van der Waals surface area contributed by atoms with Gasteiger partial charge in [0, 0.05) is 13.5 Å². The first-order valence-electron chi connectivity index (χ1n) is 4.74. The second-order valence-corrected chi connectivity index (χ2v) is 3.30. The molecule has 0 aliphatic carbocycles. The van der Waals surface area contributed by atoms with Crippen LogP contribution in [0.2, 0.25) is 0 Å². The first-order chi connectivity index (χ1) is 7.11. The Balaban J connectivity index is 2.47. The van der Waals surface area contributed by atoms with E-state index in [4.69, 9.17) is 4.74 Å². The van der Waals surface area contributed by atoms with Gasteiger partial charge in [-0.05, 0) is 24.6 Å². The van der Waals surface area contributed by atoms with Crippen LogP contribution in [0.1, 0.15) is 12.5 Å². The van der Waals surface area contributed by atoms with Crippen molar-refractivity contribution >= 4 is 6.09 Å². The minimum atomic E-state index is -0.454. The average Bonchev–Trinajstić information content (AvgIpc) is 2.21. The summed E-state index contributed by atoms with van der Waals surface area (Å²) in [4.78, 5) is 10.9. The van der Waals surface area contributed by atoms with E-state index in [-0.39, 0.29) is 11.9 Å². The molecule has 0 radical (unpaired) electrons. The molecule has 82 valence electrons. The molecular weight excluding hydrogens is 197 g/mol. The lowest BCUT2D eigenvalue weighted by atomic mass is 10.1. The first kappa shape index (κ1) is 11.5. The van der Waals surface area contributed by atoms with Gasteiger partial charge in [0.15, 0.2) is 0 Å². The number of carbonyl (C=O) groups is 1.